The molecule has 148 valence electrons. The van der Waals surface area contributed by atoms with Crippen molar-refractivity contribution >= 4 is 17.5 Å². The third kappa shape index (κ3) is 5.39. The Labute approximate surface area is 164 Å². The number of rotatable bonds is 6. The van der Waals surface area contributed by atoms with Gasteiger partial charge in [-0.25, -0.2) is 4.39 Å². The number of hydrogen-bond donors (Lipinski definition) is 1. The van der Waals surface area contributed by atoms with E-state index in [1.807, 2.05) is 6.92 Å². The van der Waals surface area contributed by atoms with Gasteiger partial charge >= 0.3 is 0 Å². The highest BCUT2D eigenvalue weighted by Gasteiger charge is 2.24. The lowest BCUT2D eigenvalue weighted by Gasteiger charge is -2.33. The van der Waals surface area contributed by atoms with Gasteiger partial charge in [0.25, 0.3) is 5.91 Å². The van der Waals surface area contributed by atoms with Crippen LogP contribution in [0.15, 0.2) is 48.5 Å². The molecule has 28 heavy (non-hydrogen) atoms. The number of carbonyl (C=O) groups is 2. The number of nitrogens with zero attached hydrogens (tertiary/aromatic N) is 1. The number of benzene rings is 2. The maximum Gasteiger partial charge on any atom is 0.254 e. The van der Waals surface area contributed by atoms with E-state index in [1.165, 1.54) is 12.1 Å². The molecule has 6 heteroatoms. The highest BCUT2D eigenvalue weighted by Crippen LogP contribution is 2.17. The zero-order chi connectivity index (χ0) is 19.9. The van der Waals surface area contributed by atoms with E-state index < -0.39 is 0 Å². The smallest absolute Gasteiger partial charge is 0.254 e. The number of nitrogens with one attached hydrogen (secondary N) is 1. The summed E-state index contributed by atoms with van der Waals surface area (Å²) in [6.07, 6.45) is 1.73. The molecule has 3 rings (SSSR count). The second-order valence-electron chi connectivity index (χ2n) is 7.03. The summed E-state index contributed by atoms with van der Waals surface area (Å²) in [7, 11) is 0. The molecule has 5 nitrogen and oxygen atoms in total. The Bertz CT molecular complexity index is 823. The number of aryl methyl sites for hydroxylation is 1. The largest absolute Gasteiger partial charge is 0.377 e. The maximum absolute atomic E-state index is 12.9. The zero-order valence-corrected chi connectivity index (χ0v) is 16.0. The van der Waals surface area contributed by atoms with Gasteiger partial charge in [0, 0.05) is 24.2 Å². The predicted molar refractivity (Wildman–Crippen MR) is 106 cm³/mol. The van der Waals surface area contributed by atoms with E-state index in [4.69, 9.17) is 4.74 Å². The van der Waals surface area contributed by atoms with Crippen molar-refractivity contribution in [2.45, 2.75) is 32.2 Å². The zero-order valence-electron chi connectivity index (χ0n) is 16.0. The lowest BCUT2D eigenvalue weighted by atomic mass is 10.1. The number of carbonyl (C=O) groups excluding carboxylic acids is 2. The summed E-state index contributed by atoms with van der Waals surface area (Å²) in [5.41, 5.74) is 2.16. The standard InChI is InChI=1S/C22H25FN2O3/c1-16-15-28-13-12-25(16)22(27)18-5-3-6-20(14-18)24-21(26)7-2-4-17-8-10-19(23)11-9-17/h3,5-6,8-11,14,16H,2,4,7,12-13,15H2,1H3,(H,24,26). The van der Waals surface area contributed by atoms with Crippen molar-refractivity contribution in [1.29, 1.82) is 0 Å². The van der Waals surface area contributed by atoms with Gasteiger partial charge in [0.1, 0.15) is 5.82 Å². The highest BCUT2D eigenvalue weighted by molar-refractivity contribution is 5.97. The minimum absolute atomic E-state index is 0.0333. The van der Waals surface area contributed by atoms with Crippen molar-refractivity contribution in [3.05, 3.63) is 65.5 Å². The average molecular weight is 384 g/mol. The fourth-order valence-electron chi connectivity index (χ4n) is 3.25. The Balaban J connectivity index is 1.52. The van der Waals surface area contributed by atoms with Crippen molar-refractivity contribution in [3.63, 3.8) is 0 Å². The average Bonchev–Trinajstić information content (AvgIpc) is 2.69. The molecule has 1 aliphatic rings. The first-order valence-corrected chi connectivity index (χ1v) is 9.56. The number of amides is 2. The van der Waals surface area contributed by atoms with E-state index >= 15 is 0 Å². The van der Waals surface area contributed by atoms with Crippen LogP contribution in [0.3, 0.4) is 0 Å². The Morgan fingerprint density at radius 2 is 2.00 bits per heavy atom. The summed E-state index contributed by atoms with van der Waals surface area (Å²) in [5, 5.41) is 2.85. The van der Waals surface area contributed by atoms with Gasteiger partial charge in [0.2, 0.25) is 5.91 Å². The molecule has 0 spiro atoms. The number of anilines is 1. The van der Waals surface area contributed by atoms with Crippen LogP contribution < -0.4 is 5.32 Å². The monoisotopic (exact) mass is 384 g/mol. The third-order valence-electron chi connectivity index (χ3n) is 4.80. The van der Waals surface area contributed by atoms with Crippen molar-refractivity contribution in [2.75, 3.05) is 25.1 Å². The van der Waals surface area contributed by atoms with Gasteiger partial charge in [0.15, 0.2) is 0 Å². The van der Waals surface area contributed by atoms with Gasteiger partial charge in [-0.1, -0.05) is 18.2 Å². The van der Waals surface area contributed by atoms with Crippen LogP contribution in [0.25, 0.3) is 0 Å². The maximum atomic E-state index is 12.9. The summed E-state index contributed by atoms with van der Waals surface area (Å²) in [4.78, 5) is 26.7. The first-order chi connectivity index (χ1) is 13.5. The van der Waals surface area contributed by atoms with Crippen LogP contribution in [-0.4, -0.2) is 42.5 Å². The number of morpholine rings is 1. The van der Waals surface area contributed by atoms with Gasteiger partial charge in [-0.15, -0.1) is 0 Å². The summed E-state index contributed by atoms with van der Waals surface area (Å²) in [6, 6.07) is 13.4. The first kappa shape index (κ1) is 20.0. The van der Waals surface area contributed by atoms with E-state index in [0.29, 0.717) is 50.3 Å². The molecule has 1 aliphatic heterocycles. The van der Waals surface area contributed by atoms with Crippen LogP contribution in [0.2, 0.25) is 0 Å². The molecule has 1 unspecified atom stereocenters. The topological polar surface area (TPSA) is 58.6 Å². The Morgan fingerprint density at radius 1 is 1.21 bits per heavy atom. The summed E-state index contributed by atoms with van der Waals surface area (Å²) in [6.45, 7) is 3.61. The van der Waals surface area contributed by atoms with E-state index in [-0.39, 0.29) is 23.7 Å². The Morgan fingerprint density at radius 3 is 2.75 bits per heavy atom. The fraction of sp³-hybridized carbons (Fsp3) is 0.364. The van der Waals surface area contributed by atoms with E-state index in [1.54, 1.807) is 41.3 Å². The number of halogens is 1. The molecule has 1 atom stereocenters. The van der Waals surface area contributed by atoms with Crippen LogP contribution in [0.4, 0.5) is 10.1 Å². The molecule has 1 N–H and O–H groups in total. The molecule has 2 amide bonds. The molecule has 0 bridgehead atoms. The summed E-state index contributed by atoms with van der Waals surface area (Å²) in [5.74, 6) is -0.419. The van der Waals surface area contributed by atoms with Crippen LogP contribution in [0, 0.1) is 5.82 Å². The molecule has 1 heterocycles. The molecular weight excluding hydrogens is 359 g/mol. The predicted octanol–water partition coefficient (Wildman–Crippen LogP) is 3.65. The van der Waals surface area contributed by atoms with Gasteiger partial charge in [-0.2, -0.15) is 0 Å². The van der Waals surface area contributed by atoms with E-state index in [9.17, 15) is 14.0 Å². The van der Waals surface area contributed by atoms with Crippen LogP contribution in [-0.2, 0) is 16.0 Å². The second-order valence-corrected chi connectivity index (χ2v) is 7.03. The van der Waals surface area contributed by atoms with E-state index in [0.717, 1.165) is 5.56 Å². The Kier molecular flexibility index (Phi) is 6.76. The molecule has 2 aromatic carbocycles. The van der Waals surface area contributed by atoms with Gasteiger partial charge < -0.3 is 15.0 Å². The normalized spacial score (nSPS) is 16.6. The fourth-order valence-corrected chi connectivity index (χ4v) is 3.25. The quantitative estimate of drug-likeness (QED) is 0.827. The van der Waals surface area contributed by atoms with Crippen molar-refractivity contribution in [2.24, 2.45) is 0 Å². The van der Waals surface area contributed by atoms with E-state index in [2.05, 4.69) is 5.32 Å². The molecule has 0 aromatic heterocycles. The van der Waals surface area contributed by atoms with Crippen molar-refractivity contribution in [1.82, 2.24) is 4.90 Å². The molecule has 0 radical (unpaired) electrons. The molecule has 2 aromatic rings. The molecule has 1 saturated heterocycles. The van der Waals surface area contributed by atoms with Gasteiger partial charge in [-0.3, -0.25) is 9.59 Å². The van der Waals surface area contributed by atoms with Crippen LogP contribution in [0.5, 0.6) is 0 Å². The number of ether oxygens (including phenoxy) is 1. The van der Waals surface area contributed by atoms with Crippen LogP contribution >= 0.6 is 0 Å². The van der Waals surface area contributed by atoms with Gasteiger partial charge in [-0.05, 0) is 55.7 Å². The molecule has 0 aliphatic carbocycles. The third-order valence-corrected chi connectivity index (χ3v) is 4.80. The molecule has 0 saturated carbocycles. The minimum atomic E-state index is -0.262. The van der Waals surface area contributed by atoms with Crippen LogP contribution in [0.1, 0.15) is 35.7 Å². The highest BCUT2D eigenvalue weighted by atomic mass is 19.1. The second kappa shape index (κ2) is 9.46. The first-order valence-electron chi connectivity index (χ1n) is 9.56. The summed E-state index contributed by atoms with van der Waals surface area (Å²) < 4.78 is 18.3. The summed E-state index contributed by atoms with van der Waals surface area (Å²) >= 11 is 0. The van der Waals surface area contributed by atoms with Gasteiger partial charge in [0.05, 0.1) is 19.3 Å². The Hall–Kier alpha value is -2.73. The minimum Gasteiger partial charge on any atom is -0.377 e. The lowest BCUT2D eigenvalue weighted by Crippen LogP contribution is -2.47. The van der Waals surface area contributed by atoms with Crippen molar-refractivity contribution in [3.8, 4) is 0 Å². The number of hydrogen-bond acceptors (Lipinski definition) is 3. The molecular formula is C22H25FN2O3. The molecule has 1 fully saturated rings. The SMILES string of the molecule is CC1COCCN1C(=O)c1cccc(NC(=O)CCCc2ccc(F)cc2)c1. The van der Waals surface area contributed by atoms with Crippen molar-refractivity contribution < 1.29 is 18.7 Å². The lowest BCUT2D eigenvalue weighted by molar-refractivity contribution is -0.116.